The van der Waals surface area contributed by atoms with Crippen LogP contribution in [0.2, 0.25) is 5.02 Å². The molecule has 200 valence electrons. The number of fused-ring (bicyclic) bond motifs is 1. The van der Waals surface area contributed by atoms with Crippen LogP contribution in [0.3, 0.4) is 0 Å². The van der Waals surface area contributed by atoms with Crippen LogP contribution in [0, 0.1) is 24.2 Å². The van der Waals surface area contributed by atoms with Gasteiger partial charge < -0.3 is 14.2 Å². The van der Waals surface area contributed by atoms with Crippen LogP contribution in [0.15, 0.2) is 83.1 Å². The van der Waals surface area contributed by atoms with E-state index in [1.54, 1.807) is 6.07 Å². The van der Waals surface area contributed by atoms with Crippen molar-refractivity contribution >= 4 is 56.9 Å². The Kier molecular flexibility index (Phi) is 7.07. The monoisotopic (exact) mass is 585 g/mol. The van der Waals surface area contributed by atoms with Crippen LogP contribution in [-0.4, -0.2) is 34.7 Å². The van der Waals surface area contributed by atoms with Crippen molar-refractivity contribution < 1.29 is 14.1 Å². The maximum absolute atomic E-state index is 14.3. The predicted molar refractivity (Wildman–Crippen MR) is 161 cm³/mol. The summed E-state index contributed by atoms with van der Waals surface area (Å²) in [6, 6.07) is 25.5. The first-order valence-corrected chi connectivity index (χ1v) is 15.0. The molecule has 6 nitrogen and oxygen atoms in total. The first-order chi connectivity index (χ1) is 19.4. The number of hydrogen-bond acceptors (Lipinski definition) is 6. The number of hydrogen-bond donors (Lipinski definition) is 0. The van der Waals surface area contributed by atoms with E-state index in [-0.39, 0.29) is 11.9 Å². The second-order valence-electron chi connectivity index (χ2n) is 9.69. The second-order valence-corrected chi connectivity index (χ2v) is 12.4. The van der Waals surface area contributed by atoms with E-state index in [0.717, 1.165) is 44.5 Å². The average molecular weight is 586 g/mol. The summed E-state index contributed by atoms with van der Waals surface area (Å²) in [5, 5.41) is 13.2. The van der Waals surface area contributed by atoms with E-state index >= 15 is 0 Å². The van der Waals surface area contributed by atoms with Crippen LogP contribution in [0.1, 0.15) is 10.4 Å². The summed E-state index contributed by atoms with van der Waals surface area (Å²) in [5.74, 6) is -0.363. The molecule has 0 spiro atoms. The zero-order valence-corrected chi connectivity index (χ0v) is 24.1. The largest absolute Gasteiger partial charge is 0.587 e. The SMILES string of the molecule is COC(=O)C1CN(c2cccc(-c3c(-c4ccsc4C#N)c4cc(Cl)ccc4n3[S+]([O-])c3ccc(C)cc3)c2)C1. The summed E-state index contributed by atoms with van der Waals surface area (Å²) in [4.78, 5) is 15.3. The molecule has 1 fully saturated rings. The molecular weight excluding hydrogens is 562 g/mol. The number of thiophene rings is 1. The molecule has 0 radical (unpaired) electrons. The summed E-state index contributed by atoms with van der Waals surface area (Å²) in [7, 11) is 1.41. The van der Waals surface area contributed by atoms with Gasteiger partial charge in [0.25, 0.3) is 0 Å². The van der Waals surface area contributed by atoms with Crippen molar-refractivity contribution in [2.24, 2.45) is 5.92 Å². The van der Waals surface area contributed by atoms with Gasteiger partial charge in [-0.2, -0.15) is 9.23 Å². The first kappa shape index (κ1) is 26.5. The molecule has 40 heavy (non-hydrogen) atoms. The molecule has 0 aliphatic carbocycles. The van der Waals surface area contributed by atoms with Crippen LogP contribution in [0.4, 0.5) is 5.69 Å². The summed E-state index contributed by atoms with van der Waals surface area (Å²) in [6.45, 7) is 3.13. The highest BCUT2D eigenvalue weighted by molar-refractivity contribution is 7.90. The molecular formula is C31H24ClN3O3S2. The summed E-state index contributed by atoms with van der Waals surface area (Å²) < 4.78 is 21.1. The molecule has 6 rings (SSSR count). The first-order valence-electron chi connectivity index (χ1n) is 12.6. The number of esters is 1. The number of anilines is 1. The van der Waals surface area contributed by atoms with Crippen LogP contribution in [0.25, 0.3) is 33.3 Å². The van der Waals surface area contributed by atoms with Gasteiger partial charge in [-0.25, -0.2) is 0 Å². The van der Waals surface area contributed by atoms with Crippen LogP contribution < -0.4 is 4.90 Å². The fraction of sp³-hybridized carbons (Fsp3) is 0.161. The molecule has 9 heteroatoms. The number of nitriles is 1. The van der Waals surface area contributed by atoms with Crippen molar-refractivity contribution in [2.75, 3.05) is 25.1 Å². The highest BCUT2D eigenvalue weighted by atomic mass is 35.5. The molecule has 1 aliphatic heterocycles. The lowest BCUT2D eigenvalue weighted by atomic mass is 9.96. The number of benzene rings is 3. The number of rotatable bonds is 6. The zero-order valence-electron chi connectivity index (χ0n) is 21.8. The molecule has 1 aliphatic rings. The quantitative estimate of drug-likeness (QED) is 0.157. The maximum atomic E-state index is 14.3. The average Bonchev–Trinajstić information content (AvgIpc) is 3.54. The molecule has 2 aromatic heterocycles. The van der Waals surface area contributed by atoms with Gasteiger partial charge in [-0.3, -0.25) is 4.79 Å². The number of aromatic nitrogens is 1. The van der Waals surface area contributed by atoms with E-state index in [4.69, 9.17) is 16.3 Å². The fourth-order valence-electron chi connectivity index (χ4n) is 5.15. The van der Waals surface area contributed by atoms with Gasteiger partial charge in [-0.15, -0.1) is 11.3 Å². The Labute approximate surface area is 244 Å². The van der Waals surface area contributed by atoms with E-state index < -0.39 is 11.4 Å². The standard InChI is InChI=1S/C31H24ClN3O3S2/c1-19-6-9-24(10-7-19)40(37)35-27-11-8-22(32)15-26(27)29(25-12-13-39-28(25)16-33)30(35)20-4-3-5-23(14-20)34-17-21(18-34)31(36)38-2/h3-15,21H,17-18H2,1-2H3. The van der Waals surface area contributed by atoms with Gasteiger partial charge in [0.15, 0.2) is 4.90 Å². The Bertz CT molecular complexity index is 1780. The van der Waals surface area contributed by atoms with Crippen molar-refractivity contribution in [1.29, 1.82) is 5.26 Å². The van der Waals surface area contributed by atoms with Crippen LogP contribution in [0.5, 0.6) is 0 Å². The fourth-order valence-corrected chi connectivity index (χ4v) is 7.29. The molecule has 1 unspecified atom stereocenters. The normalized spacial score (nSPS) is 14.1. The predicted octanol–water partition coefficient (Wildman–Crippen LogP) is 7.05. The zero-order chi connectivity index (χ0) is 28.0. The third-order valence-electron chi connectivity index (χ3n) is 7.21. The van der Waals surface area contributed by atoms with Gasteiger partial charge >= 0.3 is 5.97 Å². The third-order valence-corrected chi connectivity index (χ3v) is 9.65. The lowest BCUT2D eigenvalue weighted by Gasteiger charge is -2.39. The van der Waals surface area contributed by atoms with Crippen molar-refractivity contribution in [1.82, 2.24) is 3.97 Å². The molecule has 0 bridgehead atoms. The smallest absolute Gasteiger partial charge is 0.312 e. The van der Waals surface area contributed by atoms with Crippen LogP contribution in [-0.2, 0) is 20.9 Å². The third kappa shape index (κ3) is 4.55. The maximum Gasteiger partial charge on any atom is 0.312 e. The Morgan fingerprint density at radius 2 is 1.90 bits per heavy atom. The molecule has 0 N–H and O–H groups in total. The minimum absolute atomic E-state index is 0.157. The summed E-state index contributed by atoms with van der Waals surface area (Å²) in [6.07, 6.45) is 0. The summed E-state index contributed by atoms with van der Waals surface area (Å²) in [5.41, 5.74) is 5.94. The number of carbonyl (C=O) groups is 1. The van der Waals surface area contributed by atoms with E-state index in [2.05, 4.69) is 11.0 Å². The highest BCUT2D eigenvalue weighted by Gasteiger charge is 2.34. The second kappa shape index (κ2) is 10.7. The molecule has 0 amide bonds. The molecule has 5 aromatic rings. The minimum atomic E-state index is -1.60. The number of nitrogens with zero attached hydrogens (tertiary/aromatic N) is 3. The lowest BCUT2D eigenvalue weighted by Crippen LogP contribution is -2.50. The number of ether oxygens (including phenoxy) is 1. The highest BCUT2D eigenvalue weighted by Crippen LogP contribution is 2.46. The Balaban J connectivity index is 1.59. The van der Waals surface area contributed by atoms with E-state index in [1.165, 1.54) is 18.4 Å². The molecule has 0 saturated carbocycles. The van der Waals surface area contributed by atoms with Crippen molar-refractivity contribution in [3.63, 3.8) is 0 Å². The molecule has 3 aromatic carbocycles. The molecule has 1 atom stereocenters. The van der Waals surface area contributed by atoms with Crippen molar-refractivity contribution in [3.8, 4) is 28.5 Å². The Morgan fingerprint density at radius 1 is 1.12 bits per heavy atom. The van der Waals surface area contributed by atoms with E-state index in [9.17, 15) is 14.6 Å². The number of methoxy groups -OCH3 is 1. The topological polar surface area (TPSA) is 81.3 Å². The number of aryl methyl sites for hydroxylation is 1. The minimum Gasteiger partial charge on any atom is -0.587 e. The van der Waals surface area contributed by atoms with Gasteiger partial charge in [-0.1, -0.05) is 41.4 Å². The van der Waals surface area contributed by atoms with Crippen molar-refractivity contribution in [2.45, 2.75) is 11.8 Å². The van der Waals surface area contributed by atoms with Gasteiger partial charge in [0, 0.05) is 45.9 Å². The van der Waals surface area contributed by atoms with Crippen molar-refractivity contribution in [3.05, 3.63) is 93.6 Å². The Hall–Kier alpha value is -3.74. The van der Waals surface area contributed by atoms with Gasteiger partial charge in [-0.05, 0) is 60.8 Å². The van der Waals surface area contributed by atoms with Crippen LogP contribution >= 0.6 is 22.9 Å². The van der Waals surface area contributed by atoms with Gasteiger partial charge in [0.2, 0.25) is 0 Å². The lowest BCUT2D eigenvalue weighted by molar-refractivity contribution is -0.146. The summed E-state index contributed by atoms with van der Waals surface area (Å²) >= 11 is 6.27. The van der Waals surface area contributed by atoms with Gasteiger partial charge in [0.1, 0.15) is 28.0 Å². The number of carbonyl (C=O) groups excluding carboxylic acids is 1. The molecule has 3 heterocycles. The number of halogens is 1. The van der Waals surface area contributed by atoms with E-state index in [1.807, 2.05) is 83.0 Å². The van der Waals surface area contributed by atoms with Gasteiger partial charge in [0.05, 0.1) is 18.5 Å². The van der Waals surface area contributed by atoms with E-state index in [0.29, 0.717) is 27.9 Å². The Morgan fingerprint density at radius 3 is 2.62 bits per heavy atom. The molecule has 1 saturated heterocycles.